The van der Waals surface area contributed by atoms with Gasteiger partial charge in [-0.1, -0.05) is 6.92 Å². The smallest absolute Gasteiger partial charge is 0.464 e. The Morgan fingerprint density at radius 3 is 2.70 bits per heavy atom. The van der Waals surface area contributed by atoms with Crippen molar-refractivity contribution in [1.82, 2.24) is 30.9 Å². The Kier molecular flexibility index (Phi) is 7.62. The van der Waals surface area contributed by atoms with Crippen LogP contribution in [-0.4, -0.2) is 95.2 Å². The molecule has 170 valence electrons. The molecule has 5 heterocycles. The monoisotopic (exact) mass is 596 g/mol. The number of hydrazine groups is 1. The quantitative estimate of drug-likeness (QED) is 0.309. The van der Waals surface area contributed by atoms with Gasteiger partial charge in [-0.2, -0.15) is 11.4 Å². The molecule has 0 aromatic heterocycles. The molecule has 7 atom stereocenters. The van der Waals surface area contributed by atoms with Crippen LogP contribution in [0.3, 0.4) is 0 Å². The summed E-state index contributed by atoms with van der Waals surface area (Å²) in [6.07, 6.45) is 4.78. The van der Waals surface area contributed by atoms with Crippen molar-refractivity contribution in [2.75, 3.05) is 39.3 Å². The van der Waals surface area contributed by atoms with E-state index in [2.05, 4.69) is 50.9 Å². The van der Waals surface area contributed by atoms with E-state index in [0.717, 1.165) is 32.0 Å². The number of likely N-dealkylation sites (tertiary alicyclic amines) is 2. The molecule has 30 heavy (non-hydrogen) atoms. The number of nitroso groups, excluding NO2 is 1. The Balaban J connectivity index is 0.00000218. The van der Waals surface area contributed by atoms with Crippen LogP contribution in [0, 0.1) is 23.9 Å². The van der Waals surface area contributed by atoms with Crippen molar-refractivity contribution in [3.05, 3.63) is 18.0 Å². The van der Waals surface area contributed by atoms with Crippen LogP contribution in [-0.2, 0) is 19.8 Å². The molecule has 5 aliphatic heterocycles. The van der Waals surface area contributed by atoms with Gasteiger partial charge in [-0.05, 0) is 45.4 Å². The Bertz CT molecular complexity index is 598. The minimum Gasteiger partial charge on any atom is -0.464 e. The van der Waals surface area contributed by atoms with E-state index in [0.29, 0.717) is 24.0 Å². The molecule has 0 aromatic rings. The first-order chi connectivity index (χ1) is 14.1. The van der Waals surface area contributed by atoms with Crippen molar-refractivity contribution in [3.63, 3.8) is 0 Å². The maximum absolute atomic E-state index is 12.3. The van der Waals surface area contributed by atoms with Crippen molar-refractivity contribution in [2.24, 2.45) is 5.92 Å². The van der Waals surface area contributed by atoms with Crippen LogP contribution in [0.4, 0.5) is 0 Å². The number of rotatable bonds is 5. The minimum atomic E-state index is -0.00956. The average Bonchev–Trinajstić information content (AvgIpc) is 3.24. The maximum Gasteiger partial charge on any atom is 2.00 e. The molecule has 0 aromatic carbocycles. The molecule has 9 heteroatoms. The molecule has 0 saturated carbocycles. The van der Waals surface area contributed by atoms with Gasteiger partial charge in [0, 0.05) is 47.2 Å². The second-order valence-corrected chi connectivity index (χ2v) is 9.92. The maximum atomic E-state index is 12.3. The van der Waals surface area contributed by atoms with Gasteiger partial charge in [-0.25, -0.2) is 5.43 Å². The number of nitrogens with one attached hydrogen (secondary N) is 3. The van der Waals surface area contributed by atoms with E-state index in [9.17, 15) is 4.91 Å². The molecule has 0 spiro atoms. The molecule has 5 saturated heterocycles. The molecule has 5 fully saturated rings. The predicted molar refractivity (Wildman–Crippen MR) is 112 cm³/mol. The summed E-state index contributed by atoms with van der Waals surface area (Å²) < 4.78 is 1.28. The first kappa shape index (κ1) is 23.2. The van der Waals surface area contributed by atoms with E-state index in [1.54, 1.807) is 0 Å². The SMILES string of the molecule is CC1CC(C2CNC(C[CH-]N3CC[C@@H](N4CCC4)C3)[CH-]N2)NN2CC(C)[N+](=O)C12.[Os+2]. The predicted octanol–water partition coefficient (Wildman–Crippen LogP) is 0.130. The third-order valence-corrected chi connectivity index (χ3v) is 7.76. The van der Waals surface area contributed by atoms with Gasteiger partial charge >= 0.3 is 19.8 Å². The topological polar surface area (TPSA) is 65.9 Å². The molecule has 0 aliphatic carbocycles. The van der Waals surface area contributed by atoms with Gasteiger partial charge in [0.05, 0.1) is 6.54 Å². The molecule has 6 unspecified atom stereocenters. The summed E-state index contributed by atoms with van der Waals surface area (Å²) in [7, 11) is 0. The molecule has 0 amide bonds. The van der Waals surface area contributed by atoms with Crippen molar-refractivity contribution in [1.29, 1.82) is 0 Å². The summed E-state index contributed by atoms with van der Waals surface area (Å²) in [6, 6.07) is 1.99. The van der Waals surface area contributed by atoms with Gasteiger partial charge in [0.2, 0.25) is 6.04 Å². The van der Waals surface area contributed by atoms with E-state index in [1.165, 1.54) is 43.8 Å². The zero-order valence-electron chi connectivity index (χ0n) is 18.3. The van der Waals surface area contributed by atoms with E-state index in [4.69, 9.17) is 0 Å². The molecule has 5 rings (SSSR count). The zero-order valence-corrected chi connectivity index (χ0v) is 20.9. The molecular formula is C21H38N7OOs+. The minimum absolute atomic E-state index is 0. The summed E-state index contributed by atoms with van der Waals surface area (Å²) in [6.45, 7) is 15.7. The number of hydrogen-bond acceptors (Lipinski definition) is 7. The van der Waals surface area contributed by atoms with Gasteiger partial charge in [0.1, 0.15) is 0 Å². The fraction of sp³-hybridized carbons (Fsp3) is 0.905. The average molecular weight is 595 g/mol. The van der Waals surface area contributed by atoms with Gasteiger partial charge < -0.3 is 15.5 Å². The van der Waals surface area contributed by atoms with Crippen LogP contribution in [0.1, 0.15) is 39.5 Å². The first-order valence-electron chi connectivity index (χ1n) is 11.7. The van der Waals surface area contributed by atoms with E-state index >= 15 is 0 Å². The second kappa shape index (κ2) is 9.87. The molecular weight excluding hydrogens is 557 g/mol. The zero-order chi connectivity index (χ0) is 20.0. The van der Waals surface area contributed by atoms with Crippen LogP contribution >= 0.6 is 0 Å². The van der Waals surface area contributed by atoms with Gasteiger partial charge in [0.15, 0.2) is 0 Å². The van der Waals surface area contributed by atoms with E-state index < -0.39 is 0 Å². The molecule has 3 N–H and O–H groups in total. The van der Waals surface area contributed by atoms with Crippen molar-refractivity contribution < 1.29 is 24.6 Å². The van der Waals surface area contributed by atoms with Crippen LogP contribution in [0.15, 0.2) is 0 Å². The van der Waals surface area contributed by atoms with Crippen molar-refractivity contribution in [2.45, 2.75) is 75.9 Å². The number of piperazine rings is 1. The number of nitrogens with zero attached hydrogens (tertiary/aromatic N) is 4. The third-order valence-electron chi connectivity index (χ3n) is 7.76. The standard InChI is InChI=1S/C21H38N7O.Os/c1-15-10-19(24-27-13-16(2)28(29)21(15)27)20-12-22-17(11-23-20)4-8-25-9-5-18(14-25)26-6-3-7-26;/h8,11,15-24H,3-7,9-10,12-14H2,1-2H3;/q-1;+2/t15?,16?,17?,18-,19?,20?,21?;/m1./s1. The summed E-state index contributed by atoms with van der Waals surface area (Å²) in [5.74, 6) is 0.381. The normalized spacial score (nSPS) is 43.3. The van der Waals surface area contributed by atoms with E-state index in [-0.39, 0.29) is 32.0 Å². The summed E-state index contributed by atoms with van der Waals surface area (Å²) in [5, 5.41) is 9.57. The van der Waals surface area contributed by atoms with Gasteiger partial charge in [0.25, 0.3) is 6.17 Å². The Hall–Kier alpha value is -0.00364. The Morgan fingerprint density at radius 2 is 2.00 bits per heavy atom. The van der Waals surface area contributed by atoms with Crippen LogP contribution in [0.5, 0.6) is 0 Å². The van der Waals surface area contributed by atoms with Crippen molar-refractivity contribution in [3.8, 4) is 0 Å². The third kappa shape index (κ3) is 4.68. The molecule has 0 radical (unpaired) electrons. The van der Waals surface area contributed by atoms with E-state index in [1.807, 2.05) is 6.92 Å². The van der Waals surface area contributed by atoms with Crippen LogP contribution in [0.2, 0.25) is 0 Å². The second-order valence-electron chi connectivity index (χ2n) is 9.92. The van der Waals surface area contributed by atoms with Crippen LogP contribution in [0.25, 0.3) is 0 Å². The summed E-state index contributed by atoms with van der Waals surface area (Å²) in [4.78, 5) is 17.5. The van der Waals surface area contributed by atoms with Gasteiger partial charge in [-0.15, -0.1) is 6.04 Å². The van der Waals surface area contributed by atoms with Gasteiger partial charge in [-0.3, -0.25) is 18.0 Å². The molecule has 5 aliphatic rings. The first-order valence-corrected chi connectivity index (χ1v) is 11.7. The fourth-order valence-electron chi connectivity index (χ4n) is 5.85. The Morgan fingerprint density at radius 1 is 1.17 bits per heavy atom. The Labute approximate surface area is 194 Å². The summed E-state index contributed by atoms with van der Waals surface area (Å²) >= 11 is 0. The number of hydrogen-bond donors (Lipinski definition) is 3. The van der Waals surface area contributed by atoms with Crippen LogP contribution < -0.4 is 16.1 Å². The molecule has 0 bridgehead atoms. The molecule has 8 nitrogen and oxygen atoms in total. The fourth-order valence-corrected chi connectivity index (χ4v) is 5.85. The summed E-state index contributed by atoms with van der Waals surface area (Å²) in [5.41, 5.74) is 3.64. The number of fused-ring (bicyclic) bond motifs is 1. The largest absolute Gasteiger partial charge is 2.00 e. The van der Waals surface area contributed by atoms with Crippen molar-refractivity contribution >= 4 is 0 Å².